The SMILES string of the molecule is Cc1cc(Br)c(CC(C)(C)CO)s1. The molecule has 13 heavy (non-hydrogen) atoms. The largest absolute Gasteiger partial charge is 0.396 e. The monoisotopic (exact) mass is 262 g/mol. The van der Waals surface area contributed by atoms with Crippen LogP contribution in [0.1, 0.15) is 23.6 Å². The van der Waals surface area contributed by atoms with E-state index >= 15 is 0 Å². The summed E-state index contributed by atoms with van der Waals surface area (Å²) in [7, 11) is 0. The van der Waals surface area contributed by atoms with Crippen molar-refractivity contribution in [3.05, 3.63) is 20.3 Å². The van der Waals surface area contributed by atoms with Crippen molar-refractivity contribution in [2.45, 2.75) is 27.2 Å². The number of hydrogen-bond donors (Lipinski definition) is 1. The second-order valence-corrected chi connectivity index (χ2v) is 6.32. The van der Waals surface area contributed by atoms with Crippen LogP contribution in [0.5, 0.6) is 0 Å². The van der Waals surface area contributed by atoms with Crippen molar-refractivity contribution < 1.29 is 5.11 Å². The lowest BCUT2D eigenvalue weighted by molar-refractivity contribution is 0.160. The van der Waals surface area contributed by atoms with Crippen LogP contribution in [0.25, 0.3) is 0 Å². The highest BCUT2D eigenvalue weighted by Gasteiger charge is 2.19. The number of thiophene rings is 1. The molecule has 0 fully saturated rings. The minimum atomic E-state index is -0.0141. The molecule has 0 atom stereocenters. The van der Waals surface area contributed by atoms with E-state index < -0.39 is 0 Å². The Bertz CT molecular complexity index is 291. The summed E-state index contributed by atoms with van der Waals surface area (Å²) in [5.41, 5.74) is -0.0141. The zero-order valence-corrected chi connectivity index (χ0v) is 10.6. The van der Waals surface area contributed by atoms with Gasteiger partial charge in [-0.15, -0.1) is 11.3 Å². The molecular weight excluding hydrogens is 248 g/mol. The van der Waals surface area contributed by atoms with Gasteiger partial charge in [0.1, 0.15) is 0 Å². The standard InChI is InChI=1S/C10H15BrOS/c1-7-4-8(11)9(13-7)5-10(2,3)6-12/h4,12H,5-6H2,1-3H3. The van der Waals surface area contributed by atoms with E-state index in [0.717, 1.165) is 6.42 Å². The van der Waals surface area contributed by atoms with Gasteiger partial charge in [0.25, 0.3) is 0 Å². The molecule has 0 unspecified atom stereocenters. The summed E-state index contributed by atoms with van der Waals surface area (Å²) in [6.07, 6.45) is 0.933. The average molecular weight is 263 g/mol. The molecule has 1 nitrogen and oxygen atoms in total. The molecule has 1 N–H and O–H groups in total. The van der Waals surface area contributed by atoms with Gasteiger partial charge < -0.3 is 5.11 Å². The zero-order valence-electron chi connectivity index (χ0n) is 8.22. The minimum absolute atomic E-state index is 0.0141. The Kier molecular flexibility index (Phi) is 3.55. The van der Waals surface area contributed by atoms with Gasteiger partial charge in [0.05, 0.1) is 0 Å². The third-order valence-corrected chi connectivity index (χ3v) is 3.97. The lowest BCUT2D eigenvalue weighted by Crippen LogP contribution is -2.19. The summed E-state index contributed by atoms with van der Waals surface area (Å²) >= 11 is 5.33. The predicted octanol–water partition coefficient (Wildman–Crippen LogP) is 3.38. The molecule has 0 radical (unpaired) electrons. The Hall–Kier alpha value is 0.140. The maximum Gasteiger partial charge on any atom is 0.0485 e. The highest BCUT2D eigenvalue weighted by molar-refractivity contribution is 9.10. The molecule has 1 aromatic heterocycles. The number of aryl methyl sites for hydroxylation is 1. The first-order valence-corrected chi connectivity index (χ1v) is 5.91. The average Bonchev–Trinajstić information content (AvgIpc) is 2.30. The van der Waals surface area contributed by atoms with Crippen molar-refractivity contribution in [3.8, 4) is 0 Å². The Balaban J connectivity index is 2.79. The van der Waals surface area contributed by atoms with Gasteiger partial charge in [-0.2, -0.15) is 0 Å². The lowest BCUT2D eigenvalue weighted by Gasteiger charge is -2.20. The van der Waals surface area contributed by atoms with E-state index in [0.29, 0.717) is 0 Å². The van der Waals surface area contributed by atoms with Gasteiger partial charge in [-0.25, -0.2) is 0 Å². The van der Waals surface area contributed by atoms with E-state index in [2.05, 4.69) is 42.8 Å². The smallest absolute Gasteiger partial charge is 0.0485 e. The topological polar surface area (TPSA) is 20.2 Å². The van der Waals surface area contributed by atoms with Crippen LogP contribution in [0.2, 0.25) is 0 Å². The van der Waals surface area contributed by atoms with Crippen LogP contribution in [-0.4, -0.2) is 11.7 Å². The highest BCUT2D eigenvalue weighted by atomic mass is 79.9. The Morgan fingerprint density at radius 2 is 2.15 bits per heavy atom. The fourth-order valence-corrected chi connectivity index (χ4v) is 3.21. The summed E-state index contributed by atoms with van der Waals surface area (Å²) in [6.45, 7) is 6.49. The third-order valence-electron chi connectivity index (χ3n) is 1.95. The number of aliphatic hydroxyl groups is 1. The van der Waals surface area contributed by atoms with Crippen LogP contribution in [0.4, 0.5) is 0 Å². The Morgan fingerprint density at radius 3 is 2.54 bits per heavy atom. The molecule has 0 saturated heterocycles. The van der Waals surface area contributed by atoms with Gasteiger partial charge >= 0.3 is 0 Å². The summed E-state index contributed by atoms with van der Waals surface area (Å²) in [6, 6.07) is 2.13. The molecule has 0 spiro atoms. The summed E-state index contributed by atoms with van der Waals surface area (Å²) < 4.78 is 1.18. The predicted molar refractivity (Wildman–Crippen MR) is 61.3 cm³/mol. The molecule has 0 aliphatic heterocycles. The Morgan fingerprint density at radius 1 is 1.54 bits per heavy atom. The first-order chi connectivity index (χ1) is 5.94. The zero-order chi connectivity index (χ0) is 10.1. The number of rotatable bonds is 3. The fraction of sp³-hybridized carbons (Fsp3) is 0.600. The number of hydrogen-bond acceptors (Lipinski definition) is 2. The van der Waals surface area contributed by atoms with Crippen LogP contribution < -0.4 is 0 Å². The maximum absolute atomic E-state index is 9.14. The van der Waals surface area contributed by atoms with Crippen molar-refractivity contribution in [2.24, 2.45) is 5.41 Å². The second kappa shape index (κ2) is 4.11. The van der Waals surface area contributed by atoms with Crippen molar-refractivity contribution >= 4 is 27.3 Å². The molecule has 74 valence electrons. The van der Waals surface area contributed by atoms with E-state index in [9.17, 15) is 0 Å². The van der Waals surface area contributed by atoms with E-state index in [1.807, 2.05) is 0 Å². The van der Waals surface area contributed by atoms with Crippen molar-refractivity contribution in [3.63, 3.8) is 0 Å². The summed E-state index contributed by atoms with van der Waals surface area (Å²) in [5.74, 6) is 0. The number of aliphatic hydroxyl groups excluding tert-OH is 1. The number of halogens is 1. The van der Waals surface area contributed by atoms with E-state index in [-0.39, 0.29) is 12.0 Å². The highest BCUT2D eigenvalue weighted by Crippen LogP contribution is 2.32. The van der Waals surface area contributed by atoms with Crippen LogP contribution in [0, 0.1) is 12.3 Å². The molecule has 0 saturated carbocycles. The van der Waals surface area contributed by atoms with Gasteiger partial charge in [-0.1, -0.05) is 13.8 Å². The first-order valence-electron chi connectivity index (χ1n) is 4.30. The van der Waals surface area contributed by atoms with E-state index in [4.69, 9.17) is 5.11 Å². The normalized spacial score (nSPS) is 12.1. The van der Waals surface area contributed by atoms with Crippen LogP contribution in [0.3, 0.4) is 0 Å². The van der Waals surface area contributed by atoms with E-state index in [1.54, 1.807) is 11.3 Å². The molecule has 0 aromatic carbocycles. The van der Waals surface area contributed by atoms with Crippen molar-refractivity contribution in [2.75, 3.05) is 6.61 Å². The molecule has 0 aliphatic carbocycles. The molecular formula is C10H15BrOS. The Labute approximate surface area is 91.9 Å². The van der Waals surface area contributed by atoms with Crippen molar-refractivity contribution in [1.82, 2.24) is 0 Å². The van der Waals surface area contributed by atoms with Crippen LogP contribution in [-0.2, 0) is 6.42 Å². The molecule has 1 aromatic rings. The summed E-state index contributed by atoms with van der Waals surface area (Å²) in [4.78, 5) is 2.65. The lowest BCUT2D eigenvalue weighted by atomic mass is 9.90. The second-order valence-electron chi connectivity index (χ2n) is 4.13. The fourth-order valence-electron chi connectivity index (χ4n) is 1.14. The first kappa shape index (κ1) is 11.2. The molecule has 1 heterocycles. The summed E-state index contributed by atoms with van der Waals surface area (Å²) in [5, 5.41) is 9.14. The van der Waals surface area contributed by atoms with Crippen LogP contribution >= 0.6 is 27.3 Å². The molecule has 0 amide bonds. The maximum atomic E-state index is 9.14. The molecule has 0 aliphatic rings. The minimum Gasteiger partial charge on any atom is -0.396 e. The molecule has 3 heteroatoms. The molecule has 1 rings (SSSR count). The van der Waals surface area contributed by atoms with Gasteiger partial charge in [-0.05, 0) is 40.8 Å². The third kappa shape index (κ3) is 3.08. The van der Waals surface area contributed by atoms with Gasteiger partial charge in [-0.3, -0.25) is 0 Å². The van der Waals surface area contributed by atoms with E-state index in [1.165, 1.54) is 14.2 Å². The van der Waals surface area contributed by atoms with Gasteiger partial charge in [0, 0.05) is 20.8 Å². The molecule has 0 bridgehead atoms. The van der Waals surface area contributed by atoms with Crippen LogP contribution in [0.15, 0.2) is 10.5 Å². The van der Waals surface area contributed by atoms with Gasteiger partial charge in [0.15, 0.2) is 0 Å². The quantitative estimate of drug-likeness (QED) is 0.886. The van der Waals surface area contributed by atoms with Crippen molar-refractivity contribution in [1.29, 1.82) is 0 Å². The van der Waals surface area contributed by atoms with Gasteiger partial charge in [0.2, 0.25) is 0 Å².